The quantitative estimate of drug-likeness (QED) is 0.865. The number of carbonyl (C=O) groups is 2. The van der Waals surface area contributed by atoms with Gasteiger partial charge >= 0.3 is 0 Å². The van der Waals surface area contributed by atoms with Gasteiger partial charge in [0.05, 0.1) is 6.54 Å². The van der Waals surface area contributed by atoms with Gasteiger partial charge in [0.25, 0.3) is 5.91 Å². The summed E-state index contributed by atoms with van der Waals surface area (Å²) in [5.74, 6) is -0.378. The van der Waals surface area contributed by atoms with E-state index in [4.69, 9.17) is 0 Å². The predicted octanol–water partition coefficient (Wildman–Crippen LogP) is 1.66. The van der Waals surface area contributed by atoms with Crippen LogP contribution >= 0.6 is 11.3 Å². The zero-order valence-electron chi connectivity index (χ0n) is 13.3. The van der Waals surface area contributed by atoms with Crippen LogP contribution in [0, 0.1) is 0 Å². The average molecular weight is 344 g/mol. The van der Waals surface area contributed by atoms with Crippen LogP contribution in [0.15, 0.2) is 41.9 Å². The van der Waals surface area contributed by atoms with Crippen LogP contribution in [-0.2, 0) is 4.79 Å². The van der Waals surface area contributed by atoms with Crippen LogP contribution in [0.4, 0.5) is 5.13 Å². The van der Waals surface area contributed by atoms with Crippen LogP contribution < -0.4 is 15.5 Å². The Morgan fingerprint density at radius 1 is 1.21 bits per heavy atom. The molecule has 1 fully saturated rings. The Morgan fingerprint density at radius 3 is 2.62 bits per heavy atom. The van der Waals surface area contributed by atoms with E-state index in [0.717, 1.165) is 31.1 Å². The number of hydrogen-bond donors (Lipinski definition) is 2. The van der Waals surface area contributed by atoms with E-state index >= 15 is 0 Å². The third-order valence-electron chi connectivity index (χ3n) is 4.00. The molecule has 24 heavy (non-hydrogen) atoms. The number of nitrogens with zero attached hydrogens (tertiary/aromatic N) is 2. The number of amides is 2. The first-order valence-electron chi connectivity index (χ1n) is 7.99. The first-order valence-corrected chi connectivity index (χ1v) is 8.87. The molecule has 0 spiro atoms. The molecule has 0 saturated carbocycles. The molecular formula is C17H20N4O2S. The molecular weight excluding hydrogens is 324 g/mol. The summed E-state index contributed by atoms with van der Waals surface area (Å²) in [6, 6.07) is 9.04. The first kappa shape index (κ1) is 16.4. The summed E-state index contributed by atoms with van der Waals surface area (Å²) in [5.41, 5.74) is 0.557. The van der Waals surface area contributed by atoms with E-state index in [1.807, 2.05) is 17.6 Å². The molecule has 1 saturated heterocycles. The summed E-state index contributed by atoms with van der Waals surface area (Å²) < 4.78 is 0. The lowest BCUT2D eigenvalue weighted by molar-refractivity contribution is -0.120. The summed E-state index contributed by atoms with van der Waals surface area (Å²) in [4.78, 5) is 30.5. The van der Waals surface area contributed by atoms with E-state index in [0.29, 0.717) is 5.56 Å². The second-order valence-corrected chi connectivity index (χ2v) is 6.57. The molecule has 1 aromatic heterocycles. The Balaban J connectivity index is 1.39. The van der Waals surface area contributed by atoms with Crippen molar-refractivity contribution in [3.05, 3.63) is 47.5 Å². The molecule has 3 rings (SSSR count). The van der Waals surface area contributed by atoms with Crippen LogP contribution in [0.25, 0.3) is 0 Å². The molecule has 7 heteroatoms. The van der Waals surface area contributed by atoms with Gasteiger partial charge in [0.1, 0.15) is 0 Å². The van der Waals surface area contributed by atoms with Gasteiger partial charge in [-0.05, 0) is 25.0 Å². The highest BCUT2D eigenvalue weighted by Gasteiger charge is 2.22. The number of hydrogen-bond acceptors (Lipinski definition) is 5. The molecule has 1 aliphatic heterocycles. The fraction of sp³-hybridized carbons (Fsp3) is 0.353. The van der Waals surface area contributed by atoms with Crippen LogP contribution in [0.5, 0.6) is 0 Å². The fourth-order valence-electron chi connectivity index (χ4n) is 2.72. The maximum Gasteiger partial charge on any atom is 0.251 e. The minimum Gasteiger partial charge on any atom is -0.352 e. The summed E-state index contributed by atoms with van der Waals surface area (Å²) >= 11 is 1.63. The number of benzene rings is 1. The number of aromatic nitrogens is 1. The molecule has 1 aromatic carbocycles. The van der Waals surface area contributed by atoms with Crippen molar-refractivity contribution in [2.24, 2.45) is 0 Å². The molecule has 126 valence electrons. The Morgan fingerprint density at radius 2 is 1.96 bits per heavy atom. The highest BCUT2D eigenvalue weighted by Crippen LogP contribution is 2.21. The second-order valence-electron chi connectivity index (χ2n) is 5.69. The standard InChI is InChI=1S/C17H20N4O2S/c22-15(12-19-16(23)13-4-2-1-3-5-13)20-14-6-9-21(10-7-14)17-18-8-11-24-17/h1-5,8,11,14H,6-7,9-10,12H2,(H,19,23)(H,20,22). The van der Waals surface area contributed by atoms with E-state index in [1.54, 1.807) is 35.6 Å². The molecule has 2 heterocycles. The zero-order valence-corrected chi connectivity index (χ0v) is 14.1. The molecule has 0 unspecified atom stereocenters. The van der Waals surface area contributed by atoms with Crippen molar-refractivity contribution in [1.82, 2.24) is 15.6 Å². The molecule has 0 atom stereocenters. The SMILES string of the molecule is O=C(CNC(=O)c1ccccc1)NC1CCN(c2nccs2)CC1. The van der Waals surface area contributed by atoms with E-state index in [-0.39, 0.29) is 24.4 Å². The molecule has 1 aliphatic rings. The van der Waals surface area contributed by atoms with Crippen LogP contribution in [-0.4, -0.2) is 42.5 Å². The molecule has 2 amide bonds. The number of carbonyl (C=O) groups excluding carboxylic acids is 2. The number of nitrogens with one attached hydrogen (secondary N) is 2. The van der Waals surface area contributed by atoms with Crippen molar-refractivity contribution in [1.29, 1.82) is 0 Å². The lowest BCUT2D eigenvalue weighted by Crippen LogP contribution is -2.47. The lowest BCUT2D eigenvalue weighted by Gasteiger charge is -2.32. The minimum atomic E-state index is -0.232. The maximum absolute atomic E-state index is 12.0. The van der Waals surface area contributed by atoms with E-state index < -0.39 is 0 Å². The monoisotopic (exact) mass is 344 g/mol. The van der Waals surface area contributed by atoms with Gasteiger partial charge in [-0.1, -0.05) is 18.2 Å². The number of anilines is 1. The van der Waals surface area contributed by atoms with Gasteiger partial charge in [-0.3, -0.25) is 9.59 Å². The van der Waals surface area contributed by atoms with Gasteiger partial charge in [0.15, 0.2) is 5.13 Å². The molecule has 0 bridgehead atoms. The molecule has 6 nitrogen and oxygen atoms in total. The van der Waals surface area contributed by atoms with Gasteiger partial charge in [0.2, 0.25) is 5.91 Å². The third-order valence-corrected chi connectivity index (χ3v) is 4.83. The van der Waals surface area contributed by atoms with Gasteiger partial charge in [-0.2, -0.15) is 0 Å². The zero-order chi connectivity index (χ0) is 16.8. The highest BCUT2D eigenvalue weighted by molar-refractivity contribution is 7.13. The van der Waals surface area contributed by atoms with Crippen molar-refractivity contribution in [3.8, 4) is 0 Å². The summed E-state index contributed by atoms with van der Waals surface area (Å²) in [7, 11) is 0. The smallest absolute Gasteiger partial charge is 0.251 e. The number of thiazole rings is 1. The highest BCUT2D eigenvalue weighted by atomic mass is 32.1. The van der Waals surface area contributed by atoms with Crippen molar-refractivity contribution < 1.29 is 9.59 Å². The summed E-state index contributed by atoms with van der Waals surface area (Å²) in [5, 5.41) is 8.65. The van der Waals surface area contributed by atoms with Crippen molar-refractivity contribution >= 4 is 28.3 Å². The van der Waals surface area contributed by atoms with E-state index in [1.165, 1.54) is 0 Å². The van der Waals surface area contributed by atoms with E-state index in [2.05, 4.69) is 20.5 Å². The Labute approximate surface area is 144 Å². The predicted molar refractivity (Wildman–Crippen MR) is 94.3 cm³/mol. The van der Waals surface area contributed by atoms with Gasteiger partial charge in [-0.15, -0.1) is 11.3 Å². The Bertz CT molecular complexity index is 667. The van der Waals surface area contributed by atoms with Crippen LogP contribution in [0.3, 0.4) is 0 Å². The Kier molecular flexibility index (Phi) is 5.43. The number of rotatable bonds is 5. The van der Waals surface area contributed by atoms with Crippen molar-refractivity contribution in [2.45, 2.75) is 18.9 Å². The largest absolute Gasteiger partial charge is 0.352 e. The van der Waals surface area contributed by atoms with Gasteiger partial charge in [0, 0.05) is 36.3 Å². The maximum atomic E-state index is 12.0. The lowest BCUT2D eigenvalue weighted by atomic mass is 10.1. The van der Waals surface area contributed by atoms with Crippen molar-refractivity contribution in [3.63, 3.8) is 0 Å². The molecule has 2 N–H and O–H groups in total. The Hall–Kier alpha value is -2.41. The third kappa shape index (κ3) is 4.32. The average Bonchev–Trinajstić information content (AvgIpc) is 3.16. The fourth-order valence-corrected chi connectivity index (χ4v) is 3.41. The van der Waals surface area contributed by atoms with E-state index in [9.17, 15) is 9.59 Å². The molecule has 0 aliphatic carbocycles. The van der Waals surface area contributed by atoms with Gasteiger partial charge in [-0.25, -0.2) is 4.98 Å². The van der Waals surface area contributed by atoms with Crippen LogP contribution in [0.1, 0.15) is 23.2 Å². The topological polar surface area (TPSA) is 74.3 Å². The minimum absolute atomic E-state index is 0.000419. The second kappa shape index (κ2) is 7.92. The number of piperidine rings is 1. The molecule has 0 radical (unpaired) electrons. The van der Waals surface area contributed by atoms with Crippen LogP contribution in [0.2, 0.25) is 0 Å². The normalized spacial score (nSPS) is 15.1. The van der Waals surface area contributed by atoms with Gasteiger partial charge < -0.3 is 15.5 Å². The van der Waals surface area contributed by atoms with Crippen molar-refractivity contribution in [2.75, 3.05) is 24.5 Å². The molecule has 2 aromatic rings. The summed E-state index contributed by atoms with van der Waals surface area (Å²) in [6.45, 7) is 1.77. The summed E-state index contributed by atoms with van der Waals surface area (Å²) in [6.07, 6.45) is 3.58. The first-order chi connectivity index (χ1) is 11.7.